The van der Waals surface area contributed by atoms with E-state index in [9.17, 15) is 4.79 Å². The zero-order valence-corrected chi connectivity index (χ0v) is 18.2. The minimum atomic E-state index is -0.0570. The molecule has 7 nitrogen and oxygen atoms in total. The summed E-state index contributed by atoms with van der Waals surface area (Å²) < 4.78 is 3.66. The molecule has 0 unspecified atom stereocenters. The predicted octanol–water partition coefficient (Wildman–Crippen LogP) is 3.61. The van der Waals surface area contributed by atoms with Gasteiger partial charge in [0.15, 0.2) is 5.65 Å². The first-order valence-electron chi connectivity index (χ1n) is 10.4. The number of nitrogens with zero attached hydrogens (tertiary/aromatic N) is 6. The van der Waals surface area contributed by atoms with Gasteiger partial charge in [-0.05, 0) is 32.3 Å². The average molecular weight is 395 g/mol. The van der Waals surface area contributed by atoms with E-state index in [1.54, 1.807) is 4.68 Å². The summed E-state index contributed by atoms with van der Waals surface area (Å²) in [6, 6.07) is 4.03. The second kappa shape index (κ2) is 6.97. The number of fused-ring (bicyclic) bond motifs is 1. The van der Waals surface area contributed by atoms with Gasteiger partial charge in [0.1, 0.15) is 5.69 Å². The maximum absolute atomic E-state index is 13.5. The molecule has 0 saturated carbocycles. The molecule has 7 heteroatoms. The quantitative estimate of drug-likeness (QED) is 0.681. The molecule has 0 bridgehead atoms. The predicted molar refractivity (Wildman–Crippen MR) is 112 cm³/mol. The molecule has 1 aliphatic rings. The first-order chi connectivity index (χ1) is 13.7. The molecule has 3 aromatic heterocycles. The molecule has 1 amide bonds. The Morgan fingerprint density at radius 2 is 2.03 bits per heavy atom. The van der Waals surface area contributed by atoms with Crippen LogP contribution >= 0.6 is 0 Å². The second-order valence-corrected chi connectivity index (χ2v) is 8.97. The van der Waals surface area contributed by atoms with Gasteiger partial charge in [-0.15, -0.1) is 0 Å². The van der Waals surface area contributed by atoms with E-state index < -0.39 is 0 Å². The van der Waals surface area contributed by atoms with E-state index in [4.69, 9.17) is 5.10 Å². The van der Waals surface area contributed by atoms with Crippen molar-refractivity contribution in [1.29, 1.82) is 0 Å². The molecule has 0 aliphatic carbocycles. The molecule has 4 rings (SSSR count). The Bertz CT molecular complexity index is 1070. The van der Waals surface area contributed by atoms with E-state index in [0.717, 1.165) is 54.1 Å². The fourth-order valence-electron chi connectivity index (χ4n) is 4.31. The average Bonchev–Trinajstić information content (AvgIpc) is 3.37. The Hall–Kier alpha value is -2.70. The van der Waals surface area contributed by atoms with Crippen LogP contribution in [0.2, 0.25) is 0 Å². The molecule has 0 aromatic carbocycles. The van der Waals surface area contributed by atoms with E-state index in [1.165, 1.54) is 0 Å². The highest BCUT2D eigenvalue weighted by atomic mass is 16.2. The molecule has 3 aromatic rings. The van der Waals surface area contributed by atoms with Crippen LogP contribution in [0.4, 0.5) is 0 Å². The number of rotatable bonds is 3. The third-order valence-corrected chi connectivity index (χ3v) is 5.93. The molecule has 0 N–H and O–H groups in total. The number of carbonyl (C=O) groups is 1. The van der Waals surface area contributed by atoms with Crippen molar-refractivity contribution >= 4 is 11.6 Å². The maximum Gasteiger partial charge on any atom is 0.272 e. The van der Waals surface area contributed by atoms with Gasteiger partial charge in [-0.3, -0.25) is 9.48 Å². The van der Waals surface area contributed by atoms with Crippen LogP contribution < -0.4 is 0 Å². The summed E-state index contributed by atoms with van der Waals surface area (Å²) in [4.78, 5) is 20.0. The van der Waals surface area contributed by atoms with Crippen molar-refractivity contribution in [2.24, 2.45) is 7.05 Å². The van der Waals surface area contributed by atoms with Gasteiger partial charge in [0, 0.05) is 36.8 Å². The topological polar surface area (TPSA) is 68.3 Å². The lowest BCUT2D eigenvalue weighted by atomic mass is 9.93. The minimum absolute atomic E-state index is 0.0138. The molecule has 154 valence electrons. The van der Waals surface area contributed by atoms with Crippen LogP contribution in [-0.4, -0.2) is 41.7 Å². The summed E-state index contributed by atoms with van der Waals surface area (Å²) in [6.07, 6.45) is 4.55. The summed E-state index contributed by atoms with van der Waals surface area (Å²) in [6.45, 7) is 11.3. The van der Waals surface area contributed by atoms with Gasteiger partial charge < -0.3 is 4.90 Å². The van der Waals surface area contributed by atoms with Gasteiger partial charge in [0.25, 0.3) is 5.91 Å². The van der Waals surface area contributed by atoms with Gasteiger partial charge in [-0.1, -0.05) is 27.7 Å². The Morgan fingerprint density at radius 3 is 2.69 bits per heavy atom. The van der Waals surface area contributed by atoms with Crippen molar-refractivity contribution in [2.75, 3.05) is 6.54 Å². The third kappa shape index (κ3) is 3.22. The lowest BCUT2D eigenvalue weighted by Crippen LogP contribution is -2.33. The van der Waals surface area contributed by atoms with Crippen molar-refractivity contribution in [3.63, 3.8) is 0 Å². The summed E-state index contributed by atoms with van der Waals surface area (Å²) in [5.41, 5.74) is 5.46. The molecule has 0 radical (unpaired) electrons. The third-order valence-electron chi connectivity index (χ3n) is 5.93. The highest BCUT2D eigenvalue weighted by Gasteiger charge is 2.35. The van der Waals surface area contributed by atoms with Gasteiger partial charge in [0.05, 0.1) is 23.1 Å². The molecule has 1 fully saturated rings. The van der Waals surface area contributed by atoms with Crippen LogP contribution in [0.3, 0.4) is 0 Å². The van der Waals surface area contributed by atoms with E-state index in [-0.39, 0.29) is 17.4 Å². The minimum Gasteiger partial charge on any atom is -0.329 e. The Labute approximate surface area is 171 Å². The van der Waals surface area contributed by atoms with Crippen LogP contribution in [0.15, 0.2) is 18.3 Å². The molecule has 1 atom stereocenters. The number of likely N-dealkylation sites (tertiary alicyclic amines) is 1. The first-order valence-corrected chi connectivity index (χ1v) is 10.4. The second-order valence-electron chi connectivity index (χ2n) is 8.97. The molecule has 1 saturated heterocycles. The van der Waals surface area contributed by atoms with Crippen molar-refractivity contribution in [1.82, 2.24) is 29.3 Å². The number of carbonyl (C=O) groups excluding carboxylic acids is 1. The van der Waals surface area contributed by atoms with Crippen LogP contribution in [0.5, 0.6) is 0 Å². The van der Waals surface area contributed by atoms with E-state index in [1.807, 2.05) is 41.7 Å². The zero-order chi connectivity index (χ0) is 20.9. The molecular weight excluding hydrogens is 364 g/mol. The summed E-state index contributed by atoms with van der Waals surface area (Å²) in [7, 11) is 1.86. The standard InChI is InChI=1S/C22H30N6O/c1-7-15-14(2)20(26(6)24-15)21(29)27-12-8-9-16(27)17-10-11-23-19-13-18(22(3,4)5)25-28(17)19/h10-11,13,16H,7-9,12H2,1-6H3/t16-/m0/s1. The van der Waals surface area contributed by atoms with Crippen molar-refractivity contribution in [3.05, 3.63) is 46.7 Å². The normalized spacial score (nSPS) is 17.4. The monoisotopic (exact) mass is 394 g/mol. The number of hydrogen-bond acceptors (Lipinski definition) is 4. The first kappa shape index (κ1) is 19.6. The molecule has 4 heterocycles. The smallest absolute Gasteiger partial charge is 0.272 e. The maximum atomic E-state index is 13.5. The summed E-state index contributed by atoms with van der Waals surface area (Å²) in [5, 5.41) is 9.39. The number of aryl methyl sites for hydroxylation is 2. The Kier molecular flexibility index (Phi) is 4.71. The lowest BCUT2D eigenvalue weighted by molar-refractivity contribution is 0.0719. The fourth-order valence-corrected chi connectivity index (χ4v) is 4.31. The largest absolute Gasteiger partial charge is 0.329 e. The summed E-state index contributed by atoms with van der Waals surface area (Å²) in [5.74, 6) is 0.0489. The Morgan fingerprint density at radius 1 is 1.28 bits per heavy atom. The highest BCUT2D eigenvalue weighted by molar-refractivity contribution is 5.94. The van der Waals surface area contributed by atoms with Crippen LogP contribution in [-0.2, 0) is 18.9 Å². The van der Waals surface area contributed by atoms with E-state index >= 15 is 0 Å². The number of hydrogen-bond donors (Lipinski definition) is 0. The Balaban J connectivity index is 1.75. The van der Waals surface area contributed by atoms with Crippen LogP contribution in [0.25, 0.3) is 5.65 Å². The number of aromatic nitrogens is 5. The van der Waals surface area contributed by atoms with Crippen molar-refractivity contribution in [3.8, 4) is 0 Å². The number of amides is 1. The SMILES string of the molecule is CCc1nn(C)c(C(=O)N2CCC[C@H]2c2ccnc3cc(C(C)(C)C)nn23)c1C. The molecule has 0 spiro atoms. The molecular formula is C22H30N6O. The molecule has 29 heavy (non-hydrogen) atoms. The summed E-state index contributed by atoms with van der Waals surface area (Å²) >= 11 is 0. The van der Waals surface area contributed by atoms with Crippen LogP contribution in [0, 0.1) is 6.92 Å². The van der Waals surface area contributed by atoms with E-state index in [0.29, 0.717) is 5.69 Å². The van der Waals surface area contributed by atoms with Crippen molar-refractivity contribution in [2.45, 2.75) is 65.3 Å². The van der Waals surface area contributed by atoms with Gasteiger partial charge in [0.2, 0.25) is 0 Å². The van der Waals surface area contributed by atoms with E-state index in [2.05, 4.69) is 37.8 Å². The van der Waals surface area contributed by atoms with Gasteiger partial charge >= 0.3 is 0 Å². The highest BCUT2D eigenvalue weighted by Crippen LogP contribution is 2.34. The van der Waals surface area contributed by atoms with Crippen molar-refractivity contribution < 1.29 is 4.79 Å². The van der Waals surface area contributed by atoms with Gasteiger partial charge in [-0.25, -0.2) is 9.50 Å². The lowest BCUT2D eigenvalue weighted by Gasteiger charge is -2.25. The molecule has 1 aliphatic heterocycles. The van der Waals surface area contributed by atoms with Gasteiger partial charge in [-0.2, -0.15) is 10.2 Å². The van der Waals surface area contributed by atoms with Crippen LogP contribution in [0.1, 0.15) is 79.7 Å². The zero-order valence-electron chi connectivity index (χ0n) is 18.2. The fraction of sp³-hybridized carbons (Fsp3) is 0.545.